The summed E-state index contributed by atoms with van der Waals surface area (Å²) in [5.74, 6) is 0.826. The highest BCUT2D eigenvalue weighted by Crippen LogP contribution is 2.44. The molecule has 28 heavy (non-hydrogen) atoms. The molecule has 4 rings (SSSR count). The normalized spacial score (nSPS) is 19.4. The van der Waals surface area contributed by atoms with Crippen LogP contribution in [0.15, 0.2) is 28.8 Å². The first-order valence-electron chi connectivity index (χ1n) is 9.60. The molecule has 0 saturated heterocycles. The number of hydrogen-bond acceptors (Lipinski definition) is 4. The fraction of sp³-hybridized carbons (Fsp3) is 0.391. The van der Waals surface area contributed by atoms with Crippen molar-refractivity contribution >= 4 is 18.1 Å². The smallest absolute Gasteiger partial charge is 0.195 e. The Hall–Kier alpha value is -2.66. The molecular formula is C23H26N2O3. The first-order chi connectivity index (χ1) is 13.3. The summed E-state index contributed by atoms with van der Waals surface area (Å²) >= 11 is 0. The van der Waals surface area contributed by atoms with Crippen molar-refractivity contribution in [3.8, 4) is 5.75 Å². The van der Waals surface area contributed by atoms with Crippen LogP contribution in [0.5, 0.6) is 5.75 Å². The maximum atomic E-state index is 13.3. The van der Waals surface area contributed by atoms with Gasteiger partial charge >= 0.3 is 0 Å². The molecule has 2 aliphatic rings. The predicted molar refractivity (Wildman–Crippen MR) is 111 cm³/mol. The van der Waals surface area contributed by atoms with Gasteiger partial charge in [0, 0.05) is 41.3 Å². The molecule has 2 aromatic rings. The lowest BCUT2D eigenvalue weighted by atomic mass is 9.71. The van der Waals surface area contributed by atoms with Crippen molar-refractivity contribution in [1.82, 2.24) is 4.98 Å². The van der Waals surface area contributed by atoms with Gasteiger partial charge in [-0.2, -0.15) is 0 Å². The number of carbonyl (C=O) groups is 1. The molecule has 1 aromatic carbocycles. The van der Waals surface area contributed by atoms with Crippen molar-refractivity contribution in [2.45, 2.75) is 39.2 Å². The van der Waals surface area contributed by atoms with E-state index in [1.165, 1.54) is 5.57 Å². The molecule has 0 saturated carbocycles. The van der Waals surface area contributed by atoms with Crippen LogP contribution in [0.3, 0.4) is 0 Å². The van der Waals surface area contributed by atoms with Crippen LogP contribution in [-0.2, 0) is 10.2 Å². The van der Waals surface area contributed by atoms with Crippen LogP contribution in [0.2, 0.25) is 0 Å². The first-order valence-corrected chi connectivity index (χ1v) is 9.60. The Balaban J connectivity index is 1.76. The molecule has 5 nitrogen and oxygen atoms in total. The Morgan fingerprint density at radius 1 is 1.32 bits per heavy atom. The van der Waals surface area contributed by atoms with E-state index in [1.807, 2.05) is 31.3 Å². The molecule has 146 valence electrons. The van der Waals surface area contributed by atoms with Gasteiger partial charge in [0.15, 0.2) is 5.78 Å². The monoisotopic (exact) mass is 378 g/mol. The first kappa shape index (κ1) is 18.7. The standard InChI is InChI=1S/C23H26N2O3/c1-13(19-12-24-19)10-18-14(2)20-21(26)16-7-6-15(28-9-8-27-5)11-17(16)23(3,4)22(20)25-18/h6-7,10-12,19,25H,8-9H2,1-5H3/b13-10+. The topological polar surface area (TPSA) is 63.7 Å². The third-order valence-corrected chi connectivity index (χ3v) is 5.74. The fourth-order valence-electron chi connectivity index (χ4n) is 3.94. The molecule has 0 bridgehead atoms. The minimum absolute atomic E-state index is 0.0708. The molecule has 1 N–H and O–H groups in total. The van der Waals surface area contributed by atoms with E-state index in [2.05, 4.69) is 36.8 Å². The van der Waals surface area contributed by atoms with Crippen LogP contribution in [0.4, 0.5) is 0 Å². The average Bonchev–Trinajstić information content (AvgIpc) is 3.46. The number of rotatable bonds is 6. The lowest BCUT2D eigenvalue weighted by Crippen LogP contribution is -2.30. The predicted octanol–water partition coefficient (Wildman–Crippen LogP) is 4.07. The number of aromatic nitrogens is 1. The third kappa shape index (κ3) is 3.00. The third-order valence-electron chi connectivity index (χ3n) is 5.74. The maximum absolute atomic E-state index is 13.3. The number of nitrogens with zero attached hydrogens (tertiary/aromatic N) is 1. The number of benzene rings is 1. The Morgan fingerprint density at radius 2 is 2.07 bits per heavy atom. The molecule has 2 heterocycles. The summed E-state index contributed by atoms with van der Waals surface area (Å²) in [6.07, 6.45) is 4.04. The number of hydrogen-bond donors (Lipinski definition) is 1. The van der Waals surface area contributed by atoms with Crippen molar-refractivity contribution in [2.75, 3.05) is 20.3 Å². The molecule has 5 heteroatoms. The van der Waals surface area contributed by atoms with Gasteiger partial charge in [0.2, 0.25) is 0 Å². The average molecular weight is 378 g/mol. The number of ketones is 1. The van der Waals surface area contributed by atoms with E-state index in [9.17, 15) is 4.79 Å². The molecule has 0 radical (unpaired) electrons. The number of H-pyrrole nitrogens is 1. The summed E-state index contributed by atoms with van der Waals surface area (Å²) < 4.78 is 10.8. The number of carbonyl (C=O) groups excluding carboxylic acids is 1. The minimum atomic E-state index is -0.333. The zero-order valence-electron chi connectivity index (χ0n) is 17.1. The van der Waals surface area contributed by atoms with E-state index in [1.54, 1.807) is 7.11 Å². The van der Waals surface area contributed by atoms with Gasteiger partial charge in [-0.15, -0.1) is 0 Å². The van der Waals surface area contributed by atoms with E-state index >= 15 is 0 Å². The van der Waals surface area contributed by atoms with Crippen molar-refractivity contribution < 1.29 is 14.3 Å². The van der Waals surface area contributed by atoms with E-state index in [0.29, 0.717) is 13.2 Å². The van der Waals surface area contributed by atoms with Crippen LogP contribution < -0.4 is 4.74 Å². The van der Waals surface area contributed by atoms with Crippen LogP contribution >= 0.6 is 0 Å². The second-order valence-electron chi connectivity index (χ2n) is 8.05. The van der Waals surface area contributed by atoms with Crippen LogP contribution in [0.1, 0.15) is 59.2 Å². The molecule has 0 amide bonds. The Labute approximate surface area is 165 Å². The van der Waals surface area contributed by atoms with Crippen molar-refractivity contribution in [3.63, 3.8) is 0 Å². The zero-order valence-corrected chi connectivity index (χ0v) is 17.1. The minimum Gasteiger partial charge on any atom is -0.491 e. The number of aromatic amines is 1. The number of ether oxygens (including phenoxy) is 2. The van der Waals surface area contributed by atoms with Gasteiger partial charge in [-0.05, 0) is 54.8 Å². The van der Waals surface area contributed by atoms with Crippen molar-refractivity contribution in [3.05, 3.63) is 57.4 Å². The molecule has 0 fully saturated rings. The summed E-state index contributed by atoms with van der Waals surface area (Å²) in [4.78, 5) is 21.1. The SMILES string of the molecule is COCCOc1ccc2c(c1)C(C)(C)c1[nH]c(/C=C(\C)C3C=N3)c(C)c1C2=O. The summed E-state index contributed by atoms with van der Waals surface area (Å²) in [5.41, 5.74) is 6.32. The lowest BCUT2D eigenvalue weighted by Gasteiger charge is -2.32. The number of aliphatic imine (C=N–C) groups is 1. The molecule has 1 aromatic heterocycles. The van der Waals surface area contributed by atoms with Gasteiger partial charge in [-0.3, -0.25) is 9.79 Å². The second-order valence-corrected chi connectivity index (χ2v) is 8.05. The number of nitrogens with one attached hydrogen (secondary N) is 1. The number of fused-ring (bicyclic) bond motifs is 2. The Bertz CT molecular complexity index is 1010. The molecule has 1 aliphatic carbocycles. The number of methoxy groups -OCH3 is 1. The van der Waals surface area contributed by atoms with Crippen molar-refractivity contribution in [1.29, 1.82) is 0 Å². The van der Waals surface area contributed by atoms with E-state index in [4.69, 9.17) is 9.47 Å². The lowest BCUT2D eigenvalue weighted by molar-refractivity contribution is 0.103. The molecule has 0 spiro atoms. The Kier molecular flexibility index (Phi) is 4.50. The zero-order chi connectivity index (χ0) is 20.1. The van der Waals surface area contributed by atoms with Gasteiger partial charge < -0.3 is 14.5 Å². The Morgan fingerprint density at radius 3 is 2.75 bits per heavy atom. The van der Waals surface area contributed by atoms with E-state index in [0.717, 1.165) is 39.4 Å². The van der Waals surface area contributed by atoms with Crippen molar-refractivity contribution in [2.24, 2.45) is 4.99 Å². The highest BCUT2D eigenvalue weighted by molar-refractivity contribution is 6.14. The fourth-order valence-corrected chi connectivity index (χ4v) is 3.94. The van der Waals surface area contributed by atoms with Gasteiger partial charge in [-0.25, -0.2) is 0 Å². The maximum Gasteiger partial charge on any atom is 0.195 e. The molecule has 1 atom stereocenters. The summed E-state index contributed by atoms with van der Waals surface area (Å²) in [6, 6.07) is 5.95. The molecule has 1 unspecified atom stereocenters. The van der Waals surface area contributed by atoms with E-state index in [-0.39, 0.29) is 17.2 Å². The summed E-state index contributed by atoms with van der Waals surface area (Å²) in [6.45, 7) is 9.39. The van der Waals surface area contributed by atoms with Crippen LogP contribution in [0, 0.1) is 6.92 Å². The molecular weight excluding hydrogens is 352 g/mol. The van der Waals surface area contributed by atoms with Gasteiger partial charge in [0.25, 0.3) is 0 Å². The van der Waals surface area contributed by atoms with Crippen LogP contribution in [0.25, 0.3) is 6.08 Å². The highest BCUT2D eigenvalue weighted by Gasteiger charge is 2.40. The van der Waals surface area contributed by atoms with Gasteiger partial charge in [0.1, 0.15) is 18.4 Å². The van der Waals surface area contributed by atoms with Gasteiger partial charge in [-0.1, -0.05) is 13.8 Å². The summed E-state index contributed by atoms with van der Waals surface area (Å²) in [7, 11) is 1.65. The molecule has 1 aliphatic heterocycles. The highest BCUT2D eigenvalue weighted by atomic mass is 16.5. The van der Waals surface area contributed by atoms with E-state index < -0.39 is 0 Å². The summed E-state index contributed by atoms with van der Waals surface area (Å²) in [5, 5.41) is 0. The quantitative estimate of drug-likeness (QED) is 0.771. The second kappa shape index (κ2) is 6.74. The largest absolute Gasteiger partial charge is 0.491 e. The van der Waals surface area contributed by atoms with Gasteiger partial charge in [0.05, 0.1) is 6.61 Å². The van der Waals surface area contributed by atoms with Crippen LogP contribution in [-0.4, -0.2) is 43.3 Å².